The summed E-state index contributed by atoms with van der Waals surface area (Å²) in [6.45, 7) is 3.93. The Morgan fingerprint density at radius 1 is 1.20 bits per heavy atom. The number of carbonyl (C=O) groups excluding carboxylic acids is 1. The number of hydrogen-bond acceptors (Lipinski definition) is 3. The number of carbonyl (C=O) groups is 1. The molecule has 0 saturated heterocycles. The van der Waals surface area contributed by atoms with Gasteiger partial charge in [0.15, 0.2) is 0 Å². The Morgan fingerprint density at radius 3 is 2.52 bits per heavy atom. The minimum atomic E-state index is -0.251. The topological polar surface area (TPSA) is 70.7 Å². The highest BCUT2D eigenvalue weighted by Crippen LogP contribution is 2.23. The summed E-state index contributed by atoms with van der Waals surface area (Å²) in [7, 11) is 0. The number of aromatic nitrogens is 2. The van der Waals surface area contributed by atoms with Crippen molar-refractivity contribution in [3.63, 3.8) is 0 Å². The van der Waals surface area contributed by atoms with Crippen molar-refractivity contribution in [2.45, 2.75) is 13.8 Å². The van der Waals surface area contributed by atoms with E-state index in [9.17, 15) is 4.79 Å². The Kier molecular flexibility index (Phi) is 4.68. The van der Waals surface area contributed by atoms with Crippen LogP contribution in [0.15, 0.2) is 53.0 Å². The standard InChI is InChI=1S/C19H15BrN4O/c1-12-18(20)13(2)24(23-12)17-8-6-16(7-9-17)22-19(25)15-5-3-4-14(10-15)11-21/h3-10H,1-2H3,(H,22,25). The number of halogens is 1. The number of benzene rings is 2. The summed E-state index contributed by atoms with van der Waals surface area (Å²) >= 11 is 3.52. The Hall–Kier alpha value is -2.91. The van der Waals surface area contributed by atoms with Crippen LogP contribution < -0.4 is 5.32 Å². The molecule has 0 aliphatic carbocycles. The van der Waals surface area contributed by atoms with E-state index < -0.39 is 0 Å². The van der Waals surface area contributed by atoms with Gasteiger partial charge in [-0.15, -0.1) is 0 Å². The number of hydrogen-bond donors (Lipinski definition) is 1. The lowest BCUT2D eigenvalue weighted by molar-refractivity contribution is 0.102. The van der Waals surface area contributed by atoms with Crippen LogP contribution in [0.1, 0.15) is 27.3 Å². The average Bonchev–Trinajstić information content (AvgIpc) is 2.90. The van der Waals surface area contributed by atoms with Gasteiger partial charge in [-0.1, -0.05) is 6.07 Å². The molecule has 124 valence electrons. The fourth-order valence-corrected chi connectivity index (χ4v) is 2.74. The van der Waals surface area contributed by atoms with E-state index in [1.807, 2.05) is 48.9 Å². The van der Waals surface area contributed by atoms with Gasteiger partial charge in [0.2, 0.25) is 0 Å². The van der Waals surface area contributed by atoms with Crippen LogP contribution in [0.5, 0.6) is 0 Å². The van der Waals surface area contributed by atoms with Gasteiger partial charge in [0.1, 0.15) is 0 Å². The molecule has 1 aromatic heterocycles. The second-order valence-corrected chi connectivity index (χ2v) is 6.38. The van der Waals surface area contributed by atoms with Gasteiger partial charge in [0.25, 0.3) is 5.91 Å². The summed E-state index contributed by atoms with van der Waals surface area (Å²) < 4.78 is 2.84. The lowest BCUT2D eigenvalue weighted by Crippen LogP contribution is -2.12. The quantitative estimate of drug-likeness (QED) is 0.716. The van der Waals surface area contributed by atoms with Crippen molar-refractivity contribution in [1.82, 2.24) is 9.78 Å². The third-order valence-corrected chi connectivity index (χ3v) is 4.97. The van der Waals surface area contributed by atoms with Gasteiger partial charge in [-0.2, -0.15) is 10.4 Å². The minimum Gasteiger partial charge on any atom is -0.322 e. The first-order chi connectivity index (χ1) is 12.0. The number of rotatable bonds is 3. The fourth-order valence-electron chi connectivity index (χ4n) is 2.49. The largest absolute Gasteiger partial charge is 0.322 e. The molecule has 2 aromatic carbocycles. The van der Waals surface area contributed by atoms with Gasteiger partial charge in [-0.05, 0) is 72.2 Å². The maximum Gasteiger partial charge on any atom is 0.255 e. The Bertz CT molecular complexity index is 984. The molecule has 0 bridgehead atoms. The van der Waals surface area contributed by atoms with E-state index in [0.29, 0.717) is 16.8 Å². The summed E-state index contributed by atoms with van der Waals surface area (Å²) in [5.41, 5.74) is 4.44. The second kappa shape index (κ2) is 6.91. The third-order valence-electron chi connectivity index (χ3n) is 3.83. The zero-order valence-corrected chi connectivity index (χ0v) is 15.3. The number of anilines is 1. The molecular weight excluding hydrogens is 380 g/mol. The second-order valence-electron chi connectivity index (χ2n) is 5.59. The van der Waals surface area contributed by atoms with Crippen LogP contribution in [-0.2, 0) is 0 Å². The molecule has 0 saturated carbocycles. The highest BCUT2D eigenvalue weighted by Gasteiger charge is 2.11. The Labute approximate surface area is 154 Å². The van der Waals surface area contributed by atoms with Gasteiger partial charge in [0.05, 0.1) is 33.2 Å². The lowest BCUT2D eigenvalue weighted by Gasteiger charge is -2.08. The highest BCUT2D eigenvalue weighted by atomic mass is 79.9. The normalized spacial score (nSPS) is 10.3. The summed E-state index contributed by atoms with van der Waals surface area (Å²) in [6, 6.07) is 16.1. The lowest BCUT2D eigenvalue weighted by atomic mass is 10.1. The van der Waals surface area contributed by atoms with Gasteiger partial charge in [-0.3, -0.25) is 4.79 Å². The van der Waals surface area contributed by atoms with Crippen LogP contribution in [0.4, 0.5) is 5.69 Å². The monoisotopic (exact) mass is 394 g/mol. The maximum atomic E-state index is 12.3. The van der Waals surface area contributed by atoms with E-state index in [1.165, 1.54) is 0 Å². The first-order valence-electron chi connectivity index (χ1n) is 7.63. The van der Waals surface area contributed by atoms with Crippen molar-refractivity contribution in [2.75, 3.05) is 5.32 Å². The van der Waals surface area contributed by atoms with Gasteiger partial charge < -0.3 is 5.32 Å². The number of nitrogens with zero attached hydrogens (tertiary/aromatic N) is 3. The van der Waals surface area contributed by atoms with Crippen molar-refractivity contribution in [3.8, 4) is 11.8 Å². The number of amides is 1. The minimum absolute atomic E-state index is 0.251. The molecule has 0 fully saturated rings. The molecule has 1 heterocycles. The van der Waals surface area contributed by atoms with Gasteiger partial charge in [0, 0.05) is 11.3 Å². The van der Waals surface area contributed by atoms with Crippen LogP contribution in [0.25, 0.3) is 5.69 Å². The molecule has 3 aromatic rings. The predicted molar refractivity (Wildman–Crippen MR) is 99.8 cm³/mol. The van der Waals surface area contributed by atoms with Crippen molar-refractivity contribution in [2.24, 2.45) is 0 Å². The molecule has 6 heteroatoms. The molecule has 0 aliphatic rings. The van der Waals surface area contributed by atoms with E-state index in [1.54, 1.807) is 24.3 Å². The van der Waals surface area contributed by atoms with Crippen LogP contribution >= 0.6 is 15.9 Å². The molecule has 0 aliphatic heterocycles. The van der Waals surface area contributed by atoms with Crippen LogP contribution in [0.2, 0.25) is 0 Å². The van der Waals surface area contributed by atoms with E-state index in [0.717, 1.165) is 21.5 Å². The fraction of sp³-hybridized carbons (Fsp3) is 0.105. The molecule has 0 spiro atoms. The molecule has 3 rings (SSSR count). The van der Waals surface area contributed by atoms with Crippen LogP contribution in [0, 0.1) is 25.2 Å². The van der Waals surface area contributed by atoms with Gasteiger partial charge >= 0.3 is 0 Å². The predicted octanol–water partition coefficient (Wildman–Crippen LogP) is 4.38. The SMILES string of the molecule is Cc1nn(-c2ccc(NC(=O)c3cccc(C#N)c3)cc2)c(C)c1Br. The van der Waals surface area contributed by atoms with Crippen molar-refractivity contribution < 1.29 is 4.79 Å². The Balaban J connectivity index is 1.79. The van der Waals surface area contributed by atoms with Crippen molar-refractivity contribution in [1.29, 1.82) is 5.26 Å². The number of aryl methyl sites for hydroxylation is 1. The van der Waals surface area contributed by atoms with Crippen LogP contribution in [0.3, 0.4) is 0 Å². The molecule has 0 unspecified atom stereocenters. The Morgan fingerprint density at radius 2 is 1.92 bits per heavy atom. The summed E-state index contributed by atoms with van der Waals surface area (Å²) in [5, 5.41) is 16.2. The first kappa shape index (κ1) is 16.9. The van der Waals surface area contributed by atoms with Crippen molar-refractivity contribution in [3.05, 3.63) is 75.5 Å². The molecular formula is C19H15BrN4O. The molecule has 25 heavy (non-hydrogen) atoms. The molecule has 5 nitrogen and oxygen atoms in total. The molecule has 1 amide bonds. The van der Waals surface area contributed by atoms with E-state index in [4.69, 9.17) is 5.26 Å². The first-order valence-corrected chi connectivity index (χ1v) is 8.42. The summed E-state index contributed by atoms with van der Waals surface area (Å²) in [5.74, 6) is -0.251. The average molecular weight is 395 g/mol. The van der Waals surface area contributed by atoms with Crippen LogP contribution in [-0.4, -0.2) is 15.7 Å². The van der Waals surface area contributed by atoms with E-state index >= 15 is 0 Å². The van der Waals surface area contributed by atoms with E-state index in [-0.39, 0.29) is 5.91 Å². The molecule has 1 N–H and O–H groups in total. The summed E-state index contributed by atoms with van der Waals surface area (Å²) in [4.78, 5) is 12.3. The summed E-state index contributed by atoms with van der Waals surface area (Å²) in [6.07, 6.45) is 0. The van der Waals surface area contributed by atoms with E-state index in [2.05, 4.69) is 26.3 Å². The third kappa shape index (κ3) is 3.47. The van der Waals surface area contributed by atoms with Crippen molar-refractivity contribution >= 4 is 27.5 Å². The number of nitriles is 1. The zero-order chi connectivity index (χ0) is 18.0. The highest BCUT2D eigenvalue weighted by molar-refractivity contribution is 9.10. The maximum absolute atomic E-state index is 12.3. The number of nitrogens with one attached hydrogen (secondary N) is 1. The molecule has 0 atom stereocenters. The smallest absolute Gasteiger partial charge is 0.255 e. The zero-order valence-electron chi connectivity index (χ0n) is 13.7. The van der Waals surface area contributed by atoms with Gasteiger partial charge in [-0.25, -0.2) is 4.68 Å². The molecule has 0 radical (unpaired) electrons.